The van der Waals surface area contributed by atoms with Crippen LogP contribution in [0.4, 0.5) is 0 Å². The number of hydrogen-bond acceptors (Lipinski definition) is 6. The highest BCUT2D eigenvalue weighted by Gasteiger charge is 2.23. The van der Waals surface area contributed by atoms with Crippen molar-refractivity contribution in [1.29, 1.82) is 0 Å². The molecule has 1 aromatic heterocycles. The number of aryl methyl sites for hydroxylation is 3. The van der Waals surface area contributed by atoms with Gasteiger partial charge in [0.1, 0.15) is 5.58 Å². The summed E-state index contributed by atoms with van der Waals surface area (Å²) in [5.74, 6) is 5.99. The highest BCUT2D eigenvalue weighted by atomic mass is 16.3. The Kier molecular flexibility index (Phi) is 7.92. The van der Waals surface area contributed by atoms with Gasteiger partial charge in [-0.2, -0.15) is 0 Å². The fourth-order valence-electron chi connectivity index (χ4n) is 4.85. The van der Waals surface area contributed by atoms with Crippen LogP contribution in [0.15, 0.2) is 53.2 Å². The molecule has 1 aliphatic rings. The number of hydrazine groups is 1. The summed E-state index contributed by atoms with van der Waals surface area (Å²) in [6.45, 7) is 7.86. The summed E-state index contributed by atoms with van der Waals surface area (Å²) in [5.41, 5.74) is 13.7. The molecule has 8 nitrogen and oxygen atoms in total. The monoisotopic (exact) mass is 515 g/mol. The van der Waals surface area contributed by atoms with Gasteiger partial charge in [-0.15, -0.1) is 0 Å². The Bertz CT molecular complexity index is 1430. The largest absolute Gasteiger partial charge is 0.450 e. The summed E-state index contributed by atoms with van der Waals surface area (Å²) in [5, 5.41) is 2.27. The van der Waals surface area contributed by atoms with Crippen molar-refractivity contribution in [2.24, 2.45) is 11.6 Å². The summed E-state index contributed by atoms with van der Waals surface area (Å²) in [4.78, 5) is 29.1. The number of furan rings is 1. The van der Waals surface area contributed by atoms with Crippen molar-refractivity contribution in [1.82, 2.24) is 14.8 Å². The number of nitrogens with zero attached hydrogens (tertiary/aromatic N) is 3. The van der Waals surface area contributed by atoms with Crippen molar-refractivity contribution in [2.45, 2.75) is 33.6 Å². The maximum Gasteiger partial charge on any atom is 0.289 e. The molecule has 4 rings (SSSR count). The van der Waals surface area contributed by atoms with E-state index in [1.807, 2.05) is 11.0 Å². The van der Waals surface area contributed by atoms with Crippen molar-refractivity contribution in [2.75, 3.05) is 33.7 Å². The number of nitrogens with two attached hydrogens (primary N) is 2. The SMILES string of the molecule is Cc1cc(C)c(-c2cc(C3=CCCN(C(=O)CCN(N)/C=C\N)C3)cc3cc(C(=O)N(C)C)oc23)cc1C. The minimum atomic E-state index is -0.183. The van der Waals surface area contributed by atoms with Gasteiger partial charge in [-0.1, -0.05) is 18.2 Å². The van der Waals surface area contributed by atoms with E-state index >= 15 is 0 Å². The second kappa shape index (κ2) is 11.1. The first-order valence-electron chi connectivity index (χ1n) is 12.8. The molecule has 8 heteroatoms. The zero-order valence-corrected chi connectivity index (χ0v) is 22.9. The summed E-state index contributed by atoms with van der Waals surface area (Å²) in [7, 11) is 3.42. The lowest BCUT2D eigenvalue weighted by molar-refractivity contribution is -0.130. The van der Waals surface area contributed by atoms with Gasteiger partial charge in [-0.05, 0) is 78.8 Å². The van der Waals surface area contributed by atoms with E-state index in [1.54, 1.807) is 20.3 Å². The van der Waals surface area contributed by atoms with Crippen LogP contribution in [0, 0.1) is 20.8 Å². The van der Waals surface area contributed by atoms with E-state index in [9.17, 15) is 9.59 Å². The van der Waals surface area contributed by atoms with Crippen LogP contribution in [0.3, 0.4) is 0 Å². The zero-order chi connectivity index (χ0) is 27.6. The van der Waals surface area contributed by atoms with Gasteiger partial charge in [-0.3, -0.25) is 9.59 Å². The first-order valence-corrected chi connectivity index (χ1v) is 12.8. The van der Waals surface area contributed by atoms with Crippen LogP contribution in [-0.4, -0.2) is 60.4 Å². The Morgan fingerprint density at radius 3 is 2.47 bits per heavy atom. The van der Waals surface area contributed by atoms with E-state index in [0.29, 0.717) is 37.4 Å². The Hall–Kier alpha value is -4.04. The Balaban J connectivity index is 1.74. The molecule has 38 heavy (non-hydrogen) atoms. The standard InChI is InChI=1S/C30H37N5O3/c1-19-13-21(3)25(14-20(19)2)26-16-23(15-24-17-27(38-29(24)26)30(37)33(4)5)22-7-6-10-34(18-22)28(36)8-11-35(32)12-9-31/h7,9,12-17H,6,8,10-11,18,31-32H2,1-5H3/b12-9-. The van der Waals surface area contributed by atoms with Gasteiger partial charge >= 0.3 is 0 Å². The predicted octanol–water partition coefficient (Wildman–Crippen LogP) is 4.34. The molecule has 0 atom stereocenters. The average Bonchev–Trinajstić information content (AvgIpc) is 3.33. The van der Waals surface area contributed by atoms with Crippen LogP contribution in [0.25, 0.3) is 27.7 Å². The summed E-state index contributed by atoms with van der Waals surface area (Å²) in [6, 6.07) is 10.4. The van der Waals surface area contributed by atoms with Crippen LogP contribution < -0.4 is 11.6 Å². The molecule has 4 N–H and O–H groups in total. The number of rotatable bonds is 7. The minimum Gasteiger partial charge on any atom is -0.450 e. The van der Waals surface area contributed by atoms with Gasteiger partial charge in [0.05, 0.1) is 0 Å². The van der Waals surface area contributed by atoms with E-state index < -0.39 is 0 Å². The summed E-state index contributed by atoms with van der Waals surface area (Å²) >= 11 is 0. The number of fused-ring (bicyclic) bond motifs is 1. The number of benzene rings is 2. The molecule has 2 heterocycles. The molecule has 0 saturated heterocycles. The second-order valence-corrected chi connectivity index (χ2v) is 10.2. The van der Waals surface area contributed by atoms with Crippen molar-refractivity contribution >= 4 is 28.4 Å². The molecule has 0 aliphatic carbocycles. The number of carbonyl (C=O) groups is 2. The highest BCUT2D eigenvalue weighted by molar-refractivity contribution is 6.02. The van der Waals surface area contributed by atoms with Gasteiger partial charge < -0.3 is 25.0 Å². The Labute approximate surface area is 224 Å². The molecule has 0 radical (unpaired) electrons. The van der Waals surface area contributed by atoms with E-state index in [-0.39, 0.29) is 11.8 Å². The van der Waals surface area contributed by atoms with Crippen LogP contribution in [0.2, 0.25) is 0 Å². The number of amides is 2. The molecule has 200 valence electrons. The molecule has 0 unspecified atom stereocenters. The molecule has 0 bridgehead atoms. The van der Waals surface area contributed by atoms with Gasteiger partial charge in [0.25, 0.3) is 5.91 Å². The van der Waals surface area contributed by atoms with Gasteiger partial charge in [-0.25, -0.2) is 5.84 Å². The van der Waals surface area contributed by atoms with E-state index in [2.05, 4.69) is 51.1 Å². The normalized spacial score (nSPS) is 13.7. The third-order valence-electron chi connectivity index (χ3n) is 7.10. The molecule has 2 amide bonds. The molecule has 0 fully saturated rings. The molecule has 3 aromatic rings. The lowest BCUT2D eigenvalue weighted by atomic mass is 9.91. The second-order valence-electron chi connectivity index (χ2n) is 10.2. The smallest absolute Gasteiger partial charge is 0.289 e. The predicted molar refractivity (Wildman–Crippen MR) is 152 cm³/mol. The van der Waals surface area contributed by atoms with E-state index in [4.69, 9.17) is 16.0 Å². The fraction of sp³-hybridized carbons (Fsp3) is 0.333. The molecular weight excluding hydrogens is 478 g/mol. The van der Waals surface area contributed by atoms with Gasteiger partial charge in [0.2, 0.25) is 5.91 Å². The number of carbonyl (C=O) groups excluding carboxylic acids is 2. The van der Waals surface area contributed by atoms with E-state index in [0.717, 1.165) is 39.6 Å². The molecule has 2 aromatic carbocycles. The van der Waals surface area contributed by atoms with Gasteiger partial charge in [0.15, 0.2) is 5.76 Å². The first-order chi connectivity index (χ1) is 18.1. The summed E-state index contributed by atoms with van der Waals surface area (Å²) < 4.78 is 6.17. The quantitative estimate of drug-likeness (QED) is 0.358. The molecule has 0 saturated carbocycles. The highest BCUT2D eigenvalue weighted by Crippen LogP contribution is 2.38. The van der Waals surface area contributed by atoms with Crippen molar-refractivity contribution in [3.8, 4) is 11.1 Å². The van der Waals surface area contributed by atoms with Crippen LogP contribution in [-0.2, 0) is 4.79 Å². The summed E-state index contributed by atoms with van der Waals surface area (Å²) in [6.07, 6.45) is 6.16. The lowest BCUT2D eigenvalue weighted by Gasteiger charge is -2.28. The minimum absolute atomic E-state index is 0.0463. The fourth-order valence-corrected chi connectivity index (χ4v) is 4.85. The average molecular weight is 516 g/mol. The lowest BCUT2D eigenvalue weighted by Crippen LogP contribution is -2.38. The molecule has 0 spiro atoms. The topological polar surface area (TPSA) is 109 Å². The maximum atomic E-state index is 12.9. The maximum absolute atomic E-state index is 12.9. The number of hydrogen-bond donors (Lipinski definition) is 2. The third kappa shape index (κ3) is 5.60. The van der Waals surface area contributed by atoms with E-state index in [1.165, 1.54) is 27.2 Å². The zero-order valence-electron chi connectivity index (χ0n) is 22.9. The Morgan fingerprint density at radius 2 is 1.76 bits per heavy atom. The molecule has 1 aliphatic heterocycles. The van der Waals surface area contributed by atoms with Gasteiger partial charge in [0, 0.05) is 63.5 Å². The van der Waals surface area contributed by atoms with Crippen molar-refractivity contribution < 1.29 is 14.0 Å². The van der Waals surface area contributed by atoms with Crippen LogP contribution in [0.1, 0.15) is 45.7 Å². The van der Waals surface area contributed by atoms with Crippen LogP contribution in [0.5, 0.6) is 0 Å². The molecular formula is C30H37N5O3. The van der Waals surface area contributed by atoms with Crippen LogP contribution >= 0.6 is 0 Å². The third-order valence-corrected chi connectivity index (χ3v) is 7.10. The van der Waals surface area contributed by atoms with Crippen molar-refractivity contribution in [3.05, 3.63) is 76.8 Å². The Morgan fingerprint density at radius 1 is 1.03 bits per heavy atom. The first kappa shape index (κ1) is 27.0. The van der Waals surface area contributed by atoms with Crippen molar-refractivity contribution in [3.63, 3.8) is 0 Å².